The van der Waals surface area contributed by atoms with E-state index in [2.05, 4.69) is 53.5 Å². The third-order valence-electron chi connectivity index (χ3n) is 3.63. The second-order valence-electron chi connectivity index (χ2n) is 6.24. The molecule has 1 aromatic heterocycles. The molecule has 18 heavy (non-hydrogen) atoms. The number of halogens is 1. The Morgan fingerprint density at radius 2 is 2.11 bits per heavy atom. The van der Waals surface area contributed by atoms with Crippen LogP contribution in [0.15, 0.2) is 16.7 Å². The van der Waals surface area contributed by atoms with E-state index < -0.39 is 0 Å². The number of rotatable bonds is 3. The Balaban J connectivity index is 2.14. The summed E-state index contributed by atoms with van der Waals surface area (Å²) < 4.78 is 3.07. The maximum absolute atomic E-state index is 12.3. The van der Waals surface area contributed by atoms with Gasteiger partial charge in [-0.3, -0.25) is 4.79 Å². The Kier molecular flexibility index (Phi) is 3.58. The predicted octanol–water partition coefficient (Wildman–Crippen LogP) is 3.75. The first-order valence-corrected chi connectivity index (χ1v) is 7.26. The highest BCUT2D eigenvalue weighted by atomic mass is 79.9. The number of carbonyl (C=O) groups excluding carboxylic acids is 1. The van der Waals surface area contributed by atoms with E-state index in [0.717, 1.165) is 10.2 Å². The van der Waals surface area contributed by atoms with Crippen LogP contribution in [0.25, 0.3) is 0 Å². The van der Waals surface area contributed by atoms with Crippen molar-refractivity contribution in [2.45, 2.75) is 52.6 Å². The van der Waals surface area contributed by atoms with Crippen molar-refractivity contribution in [3.8, 4) is 0 Å². The summed E-state index contributed by atoms with van der Waals surface area (Å²) in [5, 5.41) is 3.09. The summed E-state index contributed by atoms with van der Waals surface area (Å²) in [5.74, 6) is 0.0232. The molecule has 1 N–H and O–H groups in total. The van der Waals surface area contributed by atoms with Crippen molar-refractivity contribution in [3.63, 3.8) is 0 Å². The van der Waals surface area contributed by atoms with E-state index in [9.17, 15) is 4.79 Å². The molecule has 0 aromatic carbocycles. The van der Waals surface area contributed by atoms with Crippen molar-refractivity contribution in [1.82, 2.24) is 9.88 Å². The van der Waals surface area contributed by atoms with Crippen LogP contribution in [0.5, 0.6) is 0 Å². The maximum atomic E-state index is 12.3. The first kappa shape index (κ1) is 13.7. The van der Waals surface area contributed by atoms with E-state index in [-0.39, 0.29) is 17.4 Å². The fraction of sp³-hybridized carbons (Fsp3) is 0.643. The Bertz CT molecular complexity index is 455. The first-order valence-electron chi connectivity index (χ1n) is 6.47. The molecule has 2 rings (SSSR count). The lowest BCUT2D eigenvalue weighted by Crippen LogP contribution is -2.42. The van der Waals surface area contributed by atoms with Gasteiger partial charge in [0, 0.05) is 22.8 Å². The number of hydrogen-bond donors (Lipinski definition) is 1. The Morgan fingerprint density at radius 3 is 2.61 bits per heavy atom. The van der Waals surface area contributed by atoms with Crippen LogP contribution in [0.1, 0.15) is 57.1 Å². The highest BCUT2D eigenvalue weighted by Gasteiger charge is 2.29. The summed E-state index contributed by atoms with van der Waals surface area (Å²) in [6.07, 6.45) is 4.36. The van der Waals surface area contributed by atoms with E-state index in [1.54, 1.807) is 0 Å². The summed E-state index contributed by atoms with van der Waals surface area (Å²) in [6, 6.07) is 2.57. The quantitative estimate of drug-likeness (QED) is 0.906. The lowest BCUT2D eigenvalue weighted by atomic mass is 9.88. The minimum absolute atomic E-state index is 0.0232. The largest absolute Gasteiger partial charge is 0.348 e. The summed E-state index contributed by atoms with van der Waals surface area (Å²) in [7, 11) is 0. The highest BCUT2D eigenvalue weighted by molar-refractivity contribution is 9.10. The predicted molar refractivity (Wildman–Crippen MR) is 76.8 cm³/mol. The lowest BCUT2D eigenvalue weighted by Gasteiger charge is -2.28. The van der Waals surface area contributed by atoms with E-state index in [0.29, 0.717) is 6.04 Å². The van der Waals surface area contributed by atoms with Gasteiger partial charge in [0.05, 0.1) is 0 Å². The van der Waals surface area contributed by atoms with Gasteiger partial charge in [-0.2, -0.15) is 0 Å². The van der Waals surface area contributed by atoms with E-state index in [1.807, 2.05) is 12.3 Å². The van der Waals surface area contributed by atoms with Gasteiger partial charge in [-0.15, -0.1) is 0 Å². The van der Waals surface area contributed by atoms with Crippen molar-refractivity contribution in [2.75, 3.05) is 0 Å². The normalized spacial score (nSPS) is 17.6. The smallest absolute Gasteiger partial charge is 0.268 e. The molecule has 1 aliphatic rings. The standard InChI is InChI=1S/C14H21BrN2O/c1-9(14(2,3)4)16-13(18)12-7-10(15)8-17(12)11-5-6-11/h7-9,11H,5-6H2,1-4H3,(H,16,18). The van der Waals surface area contributed by atoms with Crippen LogP contribution in [0, 0.1) is 5.41 Å². The molecular formula is C14H21BrN2O. The van der Waals surface area contributed by atoms with E-state index in [1.165, 1.54) is 12.8 Å². The topological polar surface area (TPSA) is 34.0 Å². The minimum Gasteiger partial charge on any atom is -0.348 e. The van der Waals surface area contributed by atoms with Crippen molar-refractivity contribution >= 4 is 21.8 Å². The molecule has 1 unspecified atom stereocenters. The summed E-state index contributed by atoms with van der Waals surface area (Å²) in [4.78, 5) is 12.3. The Labute approximate surface area is 117 Å². The van der Waals surface area contributed by atoms with Gasteiger partial charge in [-0.05, 0) is 47.2 Å². The average Bonchev–Trinajstić information content (AvgIpc) is 3.00. The maximum Gasteiger partial charge on any atom is 0.268 e. The van der Waals surface area contributed by atoms with Gasteiger partial charge < -0.3 is 9.88 Å². The number of carbonyl (C=O) groups is 1. The van der Waals surface area contributed by atoms with Gasteiger partial charge in [-0.1, -0.05) is 20.8 Å². The van der Waals surface area contributed by atoms with Crippen molar-refractivity contribution in [1.29, 1.82) is 0 Å². The van der Waals surface area contributed by atoms with Gasteiger partial charge in [0.15, 0.2) is 0 Å². The van der Waals surface area contributed by atoms with Crippen molar-refractivity contribution in [3.05, 3.63) is 22.4 Å². The molecule has 1 aromatic rings. The fourth-order valence-electron chi connectivity index (χ4n) is 1.77. The van der Waals surface area contributed by atoms with E-state index >= 15 is 0 Å². The average molecular weight is 313 g/mol. The summed E-state index contributed by atoms with van der Waals surface area (Å²) in [5.41, 5.74) is 0.838. The third-order valence-corrected chi connectivity index (χ3v) is 4.07. The van der Waals surface area contributed by atoms with E-state index in [4.69, 9.17) is 0 Å². The molecule has 0 saturated heterocycles. The van der Waals surface area contributed by atoms with Gasteiger partial charge in [0.1, 0.15) is 5.69 Å². The van der Waals surface area contributed by atoms with Crippen LogP contribution in [0.3, 0.4) is 0 Å². The summed E-state index contributed by atoms with van der Waals surface area (Å²) in [6.45, 7) is 8.45. The number of hydrogen-bond acceptors (Lipinski definition) is 1. The Hall–Kier alpha value is -0.770. The van der Waals surface area contributed by atoms with Crippen molar-refractivity contribution < 1.29 is 4.79 Å². The summed E-state index contributed by atoms with van der Waals surface area (Å²) >= 11 is 3.45. The first-order chi connectivity index (χ1) is 8.29. The monoisotopic (exact) mass is 312 g/mol. The van der Waals surface area contributed by atoms with Crippen LogP contribution in [0.2, 0.25) is 0 Å². The zero-order valence-corrected chi connectivity index (χ0v) is 13.0. The van der Waals surface area contributed by atoms with Crippen LogP contribution < -0.4 is 5.32 Å². The molecule has 0 bridgehead atoms. The van der Waals surface area contributed by atoms with Crippen molar-refractivity contribution in [2.24, 2.45) is 5.41 Å². The van der Waals surface area contributed by atoms with Crippen LogP contribution >= 0.6 is 15.9 Å². The zero-order chi connectivity index (χ0) is 13.5. The molecule has 0 spiro atoms. The van der Waals surface area contributed by atoms with Crippen LogP contribution in [-0.2, 0) is 0 Å². The van der Waals surface area contributed by atoms with Gasteiger partial charge >= 0.3 is 0 Å². The minimum atomic E-state index is 0.0232. The van der Waals surface area contributed by atoms with Gasteiger partial charge in [0.25, 0.3) is 5.91 Å². The lowest BCUT2D eigenvalue weighted by molar-refractivity contribution is 0.0900. The molecule has 0 aliphatic heterocycles. The number of nitrogens with zero attached hydrogens (tertiary/aromatic N) is 1. The highest BCUT2D eigenvalue weighted by Crippen LogP contribution is 2.37. The molecule has 0 radical (unpaired) electrons. The fourth-order valence-corrected chi connectivity index (χ4v) is 2.21. The second kappa shape index (κ2) is 4.72. The molecule has 1 saturated carbocycles. The van der Waals surface area contributed by atoms with Crippen LogP contribution in [-0.4, -0.2) is 16.5 Å². The molecule has 4 heteroatoms. The molecule has 1 atom stereocenters. The number of amides is 1. The molecular weight excluding hydrogens is 292 g/mol. The number of aromatic nitrogens is 1. The Morgan fingerprint density at radius 1 is 1.50 bits per heavy atom. The second-order valence-corrected chi connectivity index (χ2v) is 7.16. The van der Waals surface area contributed by atoms with Crippen LogP contribution in [0.4, 0.5) is 0 Å². The van der Waals surface area contributed by atoms with Gasteiger partial charge in [-0.25, -0.2) is 0 Å². The molecule has 3 nitrogen and oxygen atoms in total. The molecule has 1 heterocycles. The molecule has 100 valence electrons. The third kappa shape index (κ3) is 2.97. The molecule has 1 fully saturated rings. The zero-order valence-electron chi connectivity index (χ0n) is 11.5. The molecule has 1 aliphatic carbocycles. The molecule has 1 amide bonds. The van der Waals surface area contributed by atoms with Gasteiger partial charge in [0.2, 0.25) is 0 Å². The SMILES string of the molecule is CC(NC(=O)c1cc(Br)cn1C1CC1)C(C)(C)C. The number of nitrogens with one attached hydrogen (secondary N) is 1.